The summed E-state index contributed by atoms with van der Waals surface area (Å²) >= 11 is 0. The number of ether oxygens (including phenoxy) is 1. The number of aromatic nitrogens is 3. The molecule has 0 saturated carbocycles. The van der Waals surface area contributed by atoms with Gasteiger partial charge in [0, 0.05) is 42.2 Å². The highest BCUT2D eigenvalue weighted by Crippen LogP contribution is 2.30. The van der Waals surface area contributed by atoms with Crippen LogP contribution in [0.15, 0.2) is 76.4 Å². The zero-order valence-corrected chi connectivity index (χ0v) is 24.3. The Morgan fingerprint density at radius 2 is 1.59 bits per heavy atom. The van der Waals surface area contributed by atoms with E-state index in [1.165, 1.54) is 49.1 Å². The summed E-state index contributed by atoms with van der Waals surface area (Å²) in [5.41, 5.74) is -0.515. The Morgan fingerprint density at radius 3 is 2.20 bits per heavy atom. The molecule has 2 amide bonds. The van der Waals surface area contributed by atoms with E-state index in [-0.39, 0.29) is 23.5 Å². The average Bonchev–Trinajstić information content (AvgIpc) is 3.36. The van der Waals surface area contributed by atoms with Gasteiger partial charge in [-0.15, -0.1) is 0 Å². The fourth-order valence-corrected chi connectivity index (χ4v) is 5.02. The van der Waals surface area contributed by atoms with Crippen molar-refractivity contribution in [3.8, 4) is 22.6 Å². The van der Waals surface area contributed by atoms with Crippen molar-refractivity contribution < 1.29 is 22.7 Å². The van der Waals surface area contributed by atoms with Crippen LogP contribution in [0.25, 0.3) is 22.3 Å². The molecule has 3 aromatic carbocycles. The van der Waals surface area contributed by atoms with E-state index in [1.807, 2.05) is 4.90 Å². The monoisotopic (exact) mass is 606 g/mol. The van der Waals surface area contributed by atoms with E-state index in [4.69, 9.17) is 4.74 Å². The van der Waals surface area contributed by atoms with Crippen LogP contribution in [-0.2, 0) is 13.1 Å². The molecular formula is C31H29F3N6O4. The maximum absolute atomic E-state index is 15.5. The topological polar surface area (TPSA) is 102 Å². The lowest BCUT2D eigenvalue weighted by Gasteiger charge is -2.17. The van der Waals surface area contributed by atoms with Crippen molar-refractivity contribution in [1.82, 2.24) is 24.0 Å². The summed E-state index contributed by atoms with van der Waals surface area (Å²) < 4.78 is 53.2. The maximum Gasteiger partial charge on any atom is 0.351 e. The van der Waals surface area contributed by atoms with Gasteiger partial charge in [0.05, 0.1) is 19.3 Å². The van der Waals surface area contributed by atoms with E-state index >= 15 is 4.39 Å². The number of methoxy groups -OCH3 is 1. The third-order valence-corrected chi connectivity index (χ3v) is 7.10. The van der Waals surface area contributed by atoms with Crippen molar-refractivity contribution in [3.63, 3.8) is 0 Å². The highest BCUT2D eigenvalue weighted by molar-refractivity contribution is 5.89. The minimum Gasteiger partial charge on any atom is -0.494 e. The number of hydrogen-bond acceptors (Lipinski definition) is 5. The second-order valence-electron chi connectivity index (χ2n) is 10.2. The van der Waals surface area contributed by atoms with Crippen LogP contribution in [0.2, 0.25) is 0 Å². The quantitative estimate of drug-likeness (QED) is 0.276. The molecule has 13 heteroatoms. The van der Waals surface area contributed by atoms with Gasteiger partial charge in [-0.2, -0.15) is 0 Å². The molecule has 2 heterocycles. The van der Waals surface area contributed by atoms with Crippen molar-refractivity contribution in [2.75, 3.05) is 33.6 Å². The second-order valence-corrected chi connectivity index (χ2v) is 10.2. The molecular weight excluding hydrogens is 577 g/mol. The number of benzene rings is 3. The summed E-state index contributed by atoms with van der Waals surface area (Å²) in [7, 11) is 6.31. The Hall–Kier alpha value is -5.30. The van der Waals surface area contributed by atoms with Crippen molar-refractivity contribution in [2.45, 2.75) is 13.1 Å². The van der Waals surface area contributed by atoms with Crippen molar-refractivity contribution in [3.05, 3.63) is 116 Å². The summed E-state index contributed by atoms with van der Waals surface area (Å²) in [6, 6.07) is 13.7. The second kappa shape index (κ2) is 12.1. The Bertz CT molecular complexity index is 1980. The first-order chi connectivity index (χ1) is 21.0. The van der Waals surface area contributed by atoms with Gasteiger partial charge < -0.3 is 20.3 Å². The number of carbonyl (C=O) groups is 1. The van der Waals surface area contributed by atoms with E-state index in [2.05, 4.69) is 10.6 Å². The molecule has 0 atom stereocenters. The van der Waals surface area contributed by atoms with Gasteiger partial charge in [-0.3, -0.25) is 9.31 Å². The van der Waals surface area contributed by atoms with Crippen LogP contribution in [0.4, 0.5) is 23.7 Å². The molecule has 2 N–H and O–H groups in total. The zero-order chi connectivity index (χ0) is 31.7. The number of fused-ring (bicyclic) bond motifs is 1. The first-order valence-corrected chi connectivity index (χ1v) is 13.4. The summed E-state index contributed by atoms with van der Waals surface area (Å²) in [5.74, 6) is -2.94. The van der Waals surface area contributed by atoms with Gasteiger partial charge in [0.15, 0.2) is 11.6 Å². The van der Waals surface area contributed by atoms with Crippen LogP contribution in [0, 0.1) is 17.5 Å². The number of hydrogen-bond donors (Lipinski definition) is 2. The molecule has 0 aliphatic carbocycles. The molecule has 44 heavy (non-hydrogen) atoms. The molecule has 0 radical (unpaired) electrons. The van der Waals surface area contributed by atoms with E-state index < -0.39 is 46.8 Å². The zero-order valence-electron chi connectivity index (χ0n) is 24.3. The number of urea groups is 1. The molecule has 0 unspecified atom stereocenters. The van der Waals surface area contributed by atoms with Crippen LogP contribution in [-0.4, -0.2) is 52.9 Å². The molecule has 0 fully saturated rings. The SMILES string of the molecule is CNC(=O)Nc1ccc(-c2cn3c(c2CN(C)C)c(=O)n(-c2cccc(OC)c2F)c(=O)n3Cc2c(F)cccc2F)cc1. The van der Waals surface area contributed by atoms with Gasteiger partial charge in [-0.1, -0.05) is 24.3 Å². The minimum atomic E-state index is -1.03. The number of carbonyl (C=O) groups excluding carboxylic acids is 1. The smallest absolute Gasteiger partial charge is 0.351 e. The number of nitrogens with zero attached hydrogens (tertiary/aromatic N) is 4. The average molecular weight is 607 g/mol. The van der Waals surface area contributed by atoms with Gasteiger partial charge in [-0.05, 0) is 56.1 Å². The lowest BCUT2D eigenvalue weighted by Crippen LogP contribution is -2.43. The largest absolute Gasteiger partial charge is 0.494 e. The molecule has 0 bridgehead atoms. The first kappa shape index (κ1) is 30.2. The van der Waals surface area contributed by atoms with Crippen molar-refractivity contribution in [2.24, 2.45) is 0 Å². The van der Waals surface area contributed by atoms with Gasteiger partial charge in [0.1, 0.15) is 17.2 Å². The maximum atomic E-state index is 15.5. The molecule has 0 aliphatic heterocycles. The van der Waals surface area contributed by atoms with Gasteiger partial charge in [-0.25, -0.2) is 32.0 Å². The number of halogens is 3. The highest BCUT2D eigenvalue weighted by Gasteiger charge is 2.25. The van der Waals surface area contributed by atoms with Crippen molar-refractivity contribution >= 4 is 17.2 Å². The molecule has 0 spiro atoms. The lowest BCUT2D eigenvalue weighted by molar-refractivity contribution is 0.254. The van der Waals surface area contributed by atoms with Crippen LogP contribution >= 0.6 is 0 Å². The standard InChI is InChI=1S/C31H29F3N6O4/c1-35-30(42)36-19-13-11-18(12-14-19)20-16-38-28(21(20)15-37(2)3)29(41)40(25-9-6-10-26(44-4)27(25)34)31(43)39(38)17-22-23(32)7-5-8-24(22)33/h5-14,16H,15,17H2,1-4H3,(H2,35,36,42). The number of rotatable bonds is 8. The third kappa shape index (κ3) is 5.44. The molecule has 0 aliphatic rings. The minimum absolute atomic E-state index is 0.000158. The normalized spacial score (nSPS) is 11.3. The predicted octanol–water partition coefficient (Wildman–Crippen LogP) is 4.21. The van der Waals surface area contributed by atoms with Crippen LogP contribution in [0.1, 0.15) is 11.1 Å². The molecule has 5 rings (SSSR count). The number of anilines is 1. The molecule has 10 nitrogen and oxygen atoms in total. The highest BCUT2D eigenvalue weighted by atomic mass is 19.1. The van der Waals surface area contributed by atoms with E-state index in [0.717, 1.165) is 16.8 Å². The summed E-state index contributed by atoms with van der Waals surface area (Å²) in [6.45, 7) is -0.392. The predicted molar refractivity (Wildman–Crippen MR) is 160 cm³/mol. The number of amides is 2. The fourth-order valence-electron chi connectivity index (χ4n) is 5.02. The Morgan fingerprint density at radius 1 is 0.932 bits per heavy atom. The Kier molecular flexibility index (Phi) is 8.32. The molecule has 228 valence electrons. The summed E-state index contributed by atoms with van der Waals surface area (Å²) in [4.78, 5) is 41.8. The van der Waals surface area contributed by atoms with Gasteiger partial charge >= 0.3 is 11.7 Å². The van der Waals surface area contributed by atoms with E-state index in [1.54, 1.807) is 38.4 Å². The molecule has 2 aromatic heterocycles. The van der Waals surface area contributed by atoms with Gasteiger partial charge in [0.25, 0.3) is 5.56 Å². The van der Waals surface area contributed by atoms with Gasteiger partial charge in [0.2, 0.25) is 0 Å². The fraction of sp³-hybridized carbons (Fsp3) is 0.194. The van der Waals surface area contributed by atoms with Crippen molar-refractivity contribution in [1.29, 1.82) is 0 Å². The molecule has 0 saturated heterocycles. The van der Waals surface area contributed by atoms with E-state index in [0.29, 0.717) is 26.9 Å². The Labute approximate surface area is 249 Å². The summed E-state index contributed by atoms with van der Waals surface area (Å²) in [5, 5.41) is 5.14. The van der Waals surface area contributed by atoms with Crippen LogP contribution in [0.5, 0.6) is 5.75 Å². The molecule has 5 aromatic rings. The van der Waals surface area contributed by atoms with Crippen LogP contribution < -0.4 is 26.6 Å². The summed E-state index contributed by atoms with van der Waals surface area (Å²) in [6.07, 6.45) is 1.53. The van der Waals surface area contributed by atoms with Crippen LogP contribution in [0.3, 0.4) is 0 Å². The third-order valence-electron chi connectivity index (χ3n) is 7.10. The first-order valence-electron chi connectivity index (χ1n) is 13.4. The lowest BCUT2D eigenvalue weighted by atomic mass is 10.0. The Balaban J connectivity index is 1.86. The number of nitrogens with one attached hydrogen (secondary N) is 2. The van der Waals surface area contributed by atoms with E-state index in [9.17, 15) is 23.2 Å².